The number of carbonyl (C=O) groups is 1. The van der Waals surface area contributed by atoms with Crippen LogP contribution >= 0.6 is 0 Å². The Morgan fingerprint density at radius 2 is 1.83 bits per heavy atom. The molecule has 0 aromatic heterocycles. The van der Waals surface area contributed by atoms with Gasteiger partial charge in [-0.25, -0.2) is 0 Å². The third-order valence-electron chi connectivity index (χ3n) is 4.47. The zero-order chi connectivity index (χ0) is 16.8. The van der Waals surface area contributed by atoms with Gasteiger partial charge in [0.05, 0.1) is 6.54 Å². The van der Waals surface area contributed by atoms with Crippen molar-refractivity contribution < 1.29 is 9.53 Å². The van der Waals surface area contributed by atoms with Crippen LogP contribution in [0.3, 0.4) is 0 Å². The minimum absolute atomic E-state index is 0.0663. The number of amides is 1. The number of hydrogen-bond donors (Lipinski definition) is 2. The van der Waals surface area contributed by atoms with Crippen molar-refractivity contribution in [2.45, 2.75) is 25.3 Å². The Labute approximate surface area is 143 Å². The van der Waals surface area contributed by atoms with Gasteiger partial charge in [-0.15, -0.1) is 0 Å². The zero-order valence-electron chi connectivity index (χ0n) is 13.8. The molecule has 2 aromatic rings. The number of hydrogen-bond acceptors (Lipinski definition) is 3. The van der Waals surface area contributed by atoms with E-state index in [1.807, 2.05) is 42.5 Å². The molecule has 4 nitrogen and oxygen atoms in total. The maximum absolute atomic E-state index is 12.1. The number of carbonyl (C=O) groups excluding carboxylic acids is 1. The summed E-state index contributed by atoms with van der Waals surface area (Å²) in [6.07, 6.45) is 2.63. The molecule has 0 heterocycles. The first kappa shape index (κ1) is 16.5. The van der Waals surface area contributed by atoms with E-state index in [1.54, 1.807) is 0 Å². The van der Waals surface area contributed by atoms with E-state index in [1.165, 1.54) is 0 Å². The van der Waals surface area contributed by atoms with Gasteiger partial charge in [0.1, 0.15) is 12.4 Å². The van der Waals surface area contributed by atoms with Crippen molar-refractivity contribution in [3.8, 4) is 16.9 Å². The number of nitrogens with two attached hydrogens (primary N) is 1. The second kappa shape index (κ2) is 7.97. The molecule has 0 radical (unpaired) electrons. The van der Waals surface area contributed by atoms with Gasteiger partial charge < -0.3 is 15.8 Å². The van der Waals surface area contributed by atoms with Crippen LogP contribution in [0.5, 0.6) is 5.75 Å². The quantitative estimate of drug-likeness (QED) is 0.803. The van der Waals surface area contributed by atoms with Gasteiger partial charge in [-0.2, -0.15) is 0 Å². The molecule has 1 fully saturated rings. The van der Waals surface area contributed by atoms with Crippen LogP contribution < -0.4 is 15.8 Å². The molecule has 1 saturated carbocycles. The van der Waals surface area contributed by atoms with Crippen molar-refractivity contribution in [3.05, 3.63) is 54.6 Å². The van der Waals surface area contributed by atoms with Gasteiger partial charge >= 0.3 is 0 Å². The van der Waals surface area contributed by atoms with Gasteiger partial charge in [0, 0.05) is 17.5 Å². The van der Waals surface area contributed by atoms with Crippen molar-refractivity contribution in [1.29, 1.82) is 0 Å². The van der Waals surface area contributed by atoms with Gasteiger partial charge in [-0.1, -0.05) is 48.5 Å². The van der Waals surface area contributed by atoms with E-state index in [0.717, 1.165) is 36.1 Å². The Hall–Kier alpha value is -2.33. The van der Waals surface area contributed by atoms with Crippen LogP contribution in [0.25, 0.3) is 11.1 Å². The molecular formula is C20H24N2O2. The maximum Gasteiger partial charge on any atom is 0.223 e. The fourth-order valence-electron chi connectivity index (χ4n) is 3.18. The SMILES string of the molecule is NC1CCC(C(=O)NCCOc2ccccc2-c2ccccc2)C1. The molecule has 0 saturated heterocycles. The molecule has 1 amide bonds. The molecule has 24 heavy (non-hydrogen) atoms. The number of ether oxygens (including phenoxy) is 1. The smallest absolute Gasteiger partial charge is 0.223 e. The van der Waals surface area contributed by atoms with Crippen molar-refractivity contribution in [3.63, 3.8) is 0 Å². The Kier molecular flexibility index (Phi) is 5.49. The molecule has 0 aliphatic heterocycles. The van der Waals surface area contributed by atoms with Crippen LogP contribution in [0.2, 0.25) is 0 Å². The lowest BCUT2D eigenvalue weighted by Crippen LogP contribution is -2.33. The van der Waals surface area contributed by atoms with Crippen LogP contribution in [-0.4, -0.2) is 25.1 Å². The van der Waals surface area contributed by atoms with Crippen molar-refractivity contribution in [1.82, 2.24) is 5.32 Å². The Morgan fingerprint density at radius 3 is 2.58 bits per heavy atom. The van der Waals surface area contributed by atoms with Crippen LogP contribution in [0, 0.1) is 5.92 Å². The summed E-state index contributed by atoms with van der Waals surface area (Å²) in [5.41, 5.74) is 8.04. The summed E-state index contributed by atoms with van der Waals surface area (Å²) in [6.45, 7) is 0.960. The largest absolute Gasteiger partial charge is 0.491 e. The van der Waals surface area contributed by atoms with E-state index in [-0.39, 0.29) is 17.9 Å². The van der Waals surface area contributed by atoms with Crippen LogP contribution in [0.4, 0.5) is 0 Å². The fourth-order valence-corrected chi connectivity index (χ4v) is 3.18. The lowest BCUT2D eigenvalue weighted by Gasteiger charge is -2.13. The number of benzene rings is 2. The molecule has 2 atom stereocenters. The van der Waals surface area contributed by atoms with Crippen LogP contribution in [-0.2, 0) is 4.79 Å². The highest BCUT2D eigenvalue weighted by atomic mass is 16.5. The second-order valence-corrected chi connectivity index (χ2v) is 6.27. The van der Waals surface area contributed by atoms with Crippen molar-refractivity contribution >= 4 is 5.91 Å². The monoisotopic (exact) mass is 324 g/mol. The molecule has 4 heteroatoms. The summed E-state index contributed by atoms with van der Waals surface area (Å²) in [6, 6.07) is 18.3. The Morgan fingerprint density at radius 1 is 1.08 bits per heavy atom. The third-order valence-corrected chi connectivity index (χ3v) is 4.47. The van der Waals surface area contributed by atoms with E-state index in [9.17, 15) is 4.79 Å². The predicted molar refractivity (Wildman–Crippen MR) is 95.7 cm³/mol. The van der Waals surface area contributed by atoms with Gasteiger partial charge in [0.2, 0.25) is 5.91 Å². The summed E-state index contributed by atoms with van der Waals surface area (Å²) in [4.78, 5) is 12.1. The molecule has 2 aromatic carbocycles. The predicted octanol–water partition coefficient (Wildman–Crippen LogP) is 2.98. The molecular weight excluding hydrogens is 300 g/mol. The van der Waals surface area contributed by atoms with Crippen LogP contribution in [0.15, 0.2) is 54.6 Å². The summed E-state index contributed by atoms with van der Waals surface area (Å²) in [5, 5.41) is 2.96. The molecule has 1 aliphatic carbocycles. The summed E-state index contributed by atoms with van der Waals surface area (Å²) in [7, 11) is 0. The highest BCUT2D eigenvalue weighted by Crippen LogP contribution is 2.29. The molecule has 126 valence electrons. The van der Waals surface area contributed by atoms with E-state index in [0.29, 0.717) is 13.2 Å². The second-order valence-electron chi connectivity index (χ2n) is 6.27. The maximum atomic E-state index is 12.1. The highest BCUT2D eigenvalue weighted by molar-refractivity contribution is 5.79. The molecule has 3 rings (SSSR count). The molecule has 2 unspecified atom stereocenters. The fraction of sp³-hybridized carbons (Fsp3) is 0.350. The molecule has 1 aliphatic rings. The first-order chi connectivity index (χ1) is 11.7. The molecule has 0 spiro atoms. The normalized spacial score (nSPS) is 19.9. The minimum Gasteiger partial charge on any atom is -0.491 e. The Bertz CT molecular complexity index is 672. The lowest BCUT2D eigenvalue weighted by atomic mass is 10.1. The Balaban J connectivity index is 1.51. The number of para-hydroxylation sites is 1. The molecule has 0 bridgehead atoms. The van der Waals surface area contributed by atoms with E-state index in [2.05, 4.69) is 17.4 Å². The topological polar surface area (TPSA) is 64.4 Å². The minimum atomic E-state index is 0.0663. The standard InChI is InChI=1S/C20H24N2O2/c21-17-11-10-16(14-17)20(23)22-12-13-24-19-9-5-4-8-18(19)15-6-2-1-3-7-15/h1-9,16-17H,10-14,21H2,(H,22,23). The van der Waals surface area contributed by atoms with E-state index in [4.69, 9.17) is 10.5 Å². The number of rotatable bonds is 6. The van der Waals surface area contributed by atoms with E-state index >= 15 is 0 Å². The zero-order valence-corrected chi connectivity index (χ0v) is 13.8. The summed E-state index contributed by atoms with van der Waals surface area (Å²) < 4.78 is 5.89. The van der Waals surface area contributed by atoms with Crippen molar-refractivity contribution in [2.24, 2.45) is 11.7 Å². The van der Waals surface area contributed by atoms with Gasteiger partial charge in [0.15, 0.2) is 0 Å². The first-order valence-corrected chi connectivity index (χ1v) is 8.54. The summed E-state index contributed by atoms with van der Waals surface area (Å²) in [5.74, 6) is 1.00. The summed E-state index contributed by atoms with van der Waals surface area (Å²) >= 11 is 0. The van der Waals surface area contributed by atoms with E-state index < -0.39 is 0 Å². The lowest BCUT2D eigenvalue weighted by molar-refractivity contribution is -0.124. The average Bonchev–Trinajstić information content (AvgIpc) is 3.06. The number of nitrogens with one attached hydrogen (secondary N) is 1. The average molecular weight is 324 g/mol. The van der Waals surface area contributed by atoms with Crippen molar-refractivity contribution in [2.75, 3.05) is 13.2 Å². The van der Waals surface area contributed by atoms with Gasteiger partial charge in [-0.3, -0.25) is 4.79 Å². The van der Waals surface area contributed by atoms with Gasteiger partial charge in [-0.05, 0) is 30.9 Å². The van der Waals surface area contributed by atoms with Gasteiger partial charge in [0.25, 0.3) is 0 Å². The third kappa shape index (κ3) is 4.15. The first-order valence-electron chi connectivity index (χ1n) is 8.54. The highest BCUT2D eigenvalue weighted by Gasteiger charge is 2.27. The van der Waals surface area contributed by atoms with Crippen LogP contribution in [0.1, 0.15) is 19.3 Å². The molecule has 3 N–H and O–H groups in total.